The Bertz CT molecular complexity index is 908. The molecule has 0 saturated carbocycles. The zero-order valence-corrected chi connectivity index (χ0v) is 19.6. The minimum absolute atomic E-state index is 0.0820. The van der Waals surface area contributed by atoms with Crippen molar-refractivity contribution in [3.8, 4) is 5.75 Å². The molecule has 3 atom stereocenters. The van der Waals surface area contributed by atoms with Crippen molar-refractivity contribution in [3.05, 3.63) is 29.3 Å². The number of Topliss-reactive ketones (excluding diaryl/α,β-unsaturated/α-hetero) is 1. The molecule has 2 aliphatic heterocycles. The van der Waals surface area contributed by atoms with Gasteiger partial charge < -0.3 is 30.3 Å². The molecular formula is C24H34N2O7. The summed E-state index contributed by atoms with van der Waals surface area (Å²) in [6, 6.07) is 2.94. The molecule has 4 N–H and O–H groups in total. The average molecular weight is 463 g/mol. The highest BCUT2D eigenvalue weighted by atomic mass is 16.6. The maximum absolute atomic E-state index is 12.8. The Labute approximate surface area is 193 Å². The van der Waals surface area contributed by atoms with Gasteiger partial charge in [0, 0.05) is 5.56 Å². The Balaban J connectivity index is 1.67. The highest BCUT2D eigenvalue weighted by molar-refractivity contribution is 6.00. The molecule has 2 heterocycles. The summed E-state index contributed by atoms with van der Waals surface area (Å²) in [5, 5.41) is 24.4. The number of nitrogens with one attached hydrogen (secondary N) is 2. The second-order valence-electron chi connectivity index (χ2n) is 9.89. The largest absolute Gasteiger partial charge is 0.488 e. The molecule has 9 heteroatoms. The third-order valence-corrected chi connectivity index (χ3v) is 6.05. The van der Waals surface area contributed by atoms with Gasteiger partial charge in [0.2, 0.25) is 5.91 Å². The van der Waals surface area contributed by atoms with Gasteiger partial charge in [0.1, 0.15) is 17.4 Å². The van der Waals surface area contributed by atoms with Crippen molar-refractivity contribution in [1.29, 1.82) is 0 Å². The fraction of sp³-hybridized carbons (Fsp3) is 0.625. The first-order valence-electron chi connectivity index (χ1n) is 11.3. The first-order chi connectivity index (χ1) is 15.5. The van der Waals surface area contributed by atoms with Crippen LogP contribution in [0.1, 0.15) is 56.5 Å². The van der Waals surface area contributed by atoms with Crippen molar-refractivity contribution in [1.82, 2.24) is 10.6 Å². The SMILES string of the molecule is CC(C)CC(NC(=O)[C@H](CO)NC(=O)c1ccc2c(c1)CCC(C)(C)O2)C(=O)[C@@]1(CO)CO1. The van der Waals surface area contributed by atoms with Gasteiger partial charge in [-0.15, -0.1) is 0 Å². The van der Waals surface area contributed by atoms with Gasteiger partial charge in [-0.3, -0.25) is 14.4 Å². The molecule has 3 rings (SSSR count). The minimum Gasteiger partial charge on any atom is -0.488 e. The van der Waals surface area contributed by atoms with Crippen LogP contribution in [0.4, 0.5) is 0 Å². The van der Waals surface area contributed by atoms with E-state index in [-0.39, 0.29) is 18.1 Å². The van der Waals surface area contributed by atoms with Crippen LogP contribution in [0.25, 0.3) is 0 Å². The summed E-state index contributed by atoms with van der Waals surface area (Å²) in [5.74, 6) is -0.789. The molecule has 0 aromatic heterocycles. The highest BCUT2D eigenvalue weighted by Crippen LogP contribution is 2.33. The van der Waals surface area contributed by atoms with E-state index in [4.69, 9.17) is 9.47 Å². The molecule has 1 aromatic carbocycles. The van der Waals surface area contributed by atoms with Gasteiger partial charge in [0.15, 0.2) is 11.4 Å². The van der Waals surface area contributed by atoms with Gasteiger partial charge in [-0.2, -0.15) is 0 Å². The lowest BCUT2D eigenvalue weighted by Gasteiger charge is -2.32. The van der Waals surface area contributed by atoms with Crippen LogP contribution >= 0.6 is 0 Å². The van der Waals surface area contributed by atoms with Crippen LogP contribution in [-0.2, 0) is 20.7 Å². The number of aryl methyl sites for hydroxylation is 1. The van der Waals surface area contributed by atoms with Gasteiger partial charge in [-0.25, -0.2) is 0 Å². The maximum atomic E-state index is 12.8. The molecule has 182 valence electrons. The molecule has 1 aromatic rings. The number of amides is 2. The van der Waals surface area contributed by atoms with Gasteiger partial charge >= 0.3 is 0 Å². The van der Waals surface area contributed by atoms with Crippen LogP contribution in [0.3, 0.4) is 0 Å². The molecule has 0 aliphatic carbocycles. The molecule has 0 radical (unpaired) electrons. The van der Waals surface area contributed by atoms with Gasteiger partial charge in [-0.05, 0) is 62.8 Å². The van der Waals surface area contributed by atoms with Crippen molar-refractivity contribution in [3.63, 3.8) is 0 Å². The van der Waals surface area contributed by atoms with E-state index < -0.39 is 48.5 Å². The number of epoxide rings is 1. The van der Waals surface area contributed by atoms with E-state index in [1.807, 2.05) is 27.7 Å². The van der Waals surface area contributed by atoms with Crippen LogP contribution in [0, 0.1) is 5.92 Å². The number of fused-ring (bicyclic) bond motifs is 1. The molecule has 1 saturated heterocycles. The quantitative estimate of drug-likeness (QED) is 0.376. The zero-order chi connectivity index (χ0) is 24.4. The van der Waals surface area contributed by atoms with E-state index in [0.717, 1.165) is 24.2 Å². The Morgan fingerprint density at radius 2 is 1.82 bits per heavy atom. The van der Waals surface area contributed by atoms with E-state index in [1.165, 1.54) is 0 Å². The van der Waals surface area contributed by atoms with E-state index in [0.29, 0.717) is 12.0 Å². The number of carbonyl (C=O) groups is 3. The van der Waals surface area contributed by atoms with Crippen LogP contribution in [-0.4, -0.2) is 70.9 Å². The van der Waals surface area contributed by atoms with E-state index >= 15 is 0 Å². The standard InChI is InChI=1S/C24H34N2O7/c1-14(2)9-17(20(29)24(12-28)13-32-24)25-22(31)18(11-27)26-21(30)16-5-6-19-15(10-16)7-8-23(3,4)33-19/h5-6,10,14,17-18,27-28H,7-9,11-13H2,1-4H3,(H,25,31)(H,26,30)/t17?,18-,24+/m0/s1. The summed E-state index contributed by atoms with van der Waals surface area (Å²) < 4.78 is 11.1. The predicted octanol–water partition coefficient (Wildman–Crippen LogP) is 0.742. The van der Waals surface area contributed by atoms with Crippen molar-refractivity contribution in [2.24, 2.45) is 5.92 Å². The summed E-state index contributed by atoms with van der Waals surface area (Å²) in [6.45, 7) is 6.83. The maximum Gasteiger partial charge on any atom is 0.252 e. The lowest BCUT2D eigenvalue weighted by atomic mass is 9.92. The number of benzene rings is 1. The summed E-state index contributed by atoms with van der Waals surface area (Å²) in [6.07, 6.45) is 1.92. The molecule has 2 aliphatic rings. The number of hydrogen-bond acceptors (Lipinski definition) is 7. The third-order valence-electron chi connectivity index (χ3n) is 6.05. The fourth-order valence-corrected chi connectivity index (χ4v) is 3.93. The van der Waals surface area contributed by atoms with Gasteiger partial charge in [0.05, 0.1) is 25.9 Å². The first kappa shape index (κ1) is 25.1. The fourth-order valence-electron chi connectivity index (χ4n) is 3.93. The second kappa shape index (κ2) is 9.79. The summed E-state index contributed by atoms with van der Waals surface area (Å²) in [5.41, 5.74) is -0.275. The number of aliphatic hydroxyl groups is 2. The van der Waals surface area contributed by atoms with Crippen molar-refractivity contribution >= 4 is 17.6 Å². The van der Waals surface area contributed by atoms with Crippen molar-refractivity contribution < 1.29 is 34.1 Å². The molecule has 2 amide bonds. The molecule has 1 unspecified atom stereocenters. The Kier molecular flexibility index (Phi) is 7.45. The van der Waals surface area contributed by atoms with Crippen LogP contribution in [0.15, 0.2) is 18.2 Å². The van der Waals surface area contributed by atoms with Gasteiger partial charge in [0.25, 0.3) is 5.91 Å². The Morgan fingerprint density at radius 1 is 1.12 bits per heavy atom. The van der Waals surface area contributed by atoms with Crippen LogP contribution < -0.4 is 15.4 Å². The zero-order valence-electron chi connectivity index (χ0n) is 19.6. The Morgan fingerprint density at radius 3 is 2.39 bits per heavy atom. The van der Waals surface area contributed by atoms with E-state index in [2.05, 4.69) is 10.6 Å². The number of rotatable bonds is 10. The smallest absolute Gasteiger partial charge is 0.252 e. The highest BCUT2D eigenvalue weighted by Gasteiger charge is 2.54. The molecular weight excluding hydrogens is 428 g/mol. The van der Waals surface area contributed by atoms with Crippen LogP contribution in [0.2, 0.25) is 0 Å². The summed E-state index contributed by atoms with van der Waals surface area (Å²) in [7, 11) is 0. The number of ketones is 1. The number of ether oxygens (including phenoxy) is 2. The van der Waals surface area contributed by atoms with Crippen molar-refractivity contribution in [2.45, 2.75) is 70.2 Å². The lowest BCUT2D eigenvalue weighted by molar-refractivity contribution is -0.133. The molecule has 1 fully saturated rings. The van der Waals surface area contributed by atoms with Crippen LogP contribution in [0.5, 0.6) is 5.75 Å². The molecule has 0 spiro atoms. The second-order valence-corrected chi connectivity index (χ2v) is 9.89. The topological polar surface area (TPSA) is 137 Å². The first-order valence-corrected chi connectivity index (χ1v) is 11.3. The van der Waals surface area contributed by atoms with Crippen molar-refractivity contribution in [2.75, 3.05) is 19.8 Å². The predicted molar refractivity (Wildman–Crippen MR) is 120 cm³/mol. The number of carbonyl (C=O) groups excluding carboxylic acids is 3. The molecule has 9 nitrogen and oxygen atoms in total. The van der Waals surface area contributed by atoms with E-state index in [9.17, 15) is 24.6 Å². The third kappa shape index (κ3) is 5.90. The summed E-state index contributed by atoms with van der Waals surface area (Å²) >= 11 is 0. The summed E-state index contributed by atoms with van der Waals surface area (Å²) in [4.78, 5) is 38.4. The Hall–Kier alpha value is -2.49. The monoisotopic (exact) mass is 462 g/mol. The molecule has 0 bridgehead atoms. The number of hydrogen-bond donors (Lipinski definition) is 4. The minimum atomic E-state index is -1.27. The normalized spacial score (nSPS) is 22.5. The molecule has 33 heavy (non-hydrogen) atoms. The lowest BCUT2D eigenvalue weighted by Crippen LogP contribution is -2.55. The number of aliphatic hydroxyl groups excluding tert-OH is 2. The van der Waals surface area contributed by atoms with Gasteiger partial charge in [-0.1, -0.05) is 13.8 Å². The average Bonchev–Trinajstić information content (AvgIpc) is 3.56. The van der Waals surface area contributed by atoms with E-state index in [1.54, 1.807) is 18.2 Å².